The Kier molecular flexibility index (Phi) is 5.16. The minimum atomic E-state index is -0.571. The fourth-order valence-electron chi connectivity index (χ4n) is 3.35. The van der Waals surface area contributed by atoms with Crippen molar-refractivity contribution in [2.75, 3.05) is 18.0 Å². The third-order valence-electron chi connectivity index (χ3n) is 4.38. The van der Waals surface area contributed by atoms with Gasteiger partial charge < -0.3 is 15.0 Å². The summed E-state index contributed by atoms with van der Waals surface area (Å²) in [5, 5.41) is 15.2. The van der Waals surface area contributed by atoms with Crippen molar-refractivity contribution >= 4 is 28.4 Å². The number of para-hydroxylation sites is 1. The lowest BCUT2D eigenvalue weighted by Crippen LogP contribution is -2.49. The lowest BCUT2D eigenvalue weighted by molar-refractivity contribution is -0.384. The summed E-state index contributed by atoms with van der Waals surface area (Å²) < 4.78 is 5.33. The van der Waals surface area contributed by atoms with Gasteiger partial charge in [0, 0.05) is 24.5 Å². The number of nitrogens with one attached hydrogen (secondary N) is 1. The Bertz CT molecular complexity index is 862. The van der Waals surface area contributed by atoms with Crippen LogP contribution in [0.15, 0.2) is 30.5 Å². The zero-order chi connectivity index (χ0) is 19.6. The number of fused-ring (bicyclic) bond motifs is 1. The van der Waals surface area contributed by atoms with E-state index >= 15 is 0 Å². The summed E-state index contributed by atoms with van der Waals surface area (Å²) >= 11 is 0. The molecule has 27 heavy (non-hydrogen) atoms. The molecule has 2 aromatic rings. The van der Waals surface area contributed by atoms with Gasteiger partial charge in [0.05, 0.1) is 10.4 Å². The van der Waals surface area contributed by atoms with Gasteiger partial charge in [-0.15, -0.1) is 0 Å². The Balaban J connectivity index is 1.87. The van der Waals surface area contributed by atoms with Crippen molar-refractivity contribution in [3.63, 3.8) is 0 Å². The Hall–Kier alpha value is -2.90. The highest BCUT2D eigenvalue weighted by atomic mass is 16.6. The monoisotopic (exact) mass is 372 g/mol. The summed E-state index contributed by atoms with van der Waals surface area (Å²) in [5.74, 6) is 0. The molecular weight excluding hydrogens is 348 g/mol. The molecule has 1 amide bonds. The number of carbonyl (C=O) groups excluding carboxylic acids is 1. The first-order chi connectivity index (χ1) is 12.7. The van der Waals surface area contributed by atoms with E-state index in [9.17, 15) is 14.9 Å². The highest BCUT2D eigenvalue weighted by Crippen LogP contribution is 2.36. The topological polar surface area (TPSA) is 97.6 Å². The van der Waals surface area contributed by atoms with E-state index < -0.39 is 16.6 Å². The first-order valence-electron chi connectivity index (χ1n) is 9.01. The van der Waals surface area contributed by atoms with Crippen molar-refractivity contribution in [3.8, 4) is 0 Å². The molecule has 8 nitrogen and oxygen atoms in total. The van der Waals surface area contributed by atoms with Gasteiger partial charge in [-0.05, 0) is 39.7 Å². The van der Waals surface area contributed by atoms with E-state index in [0.29, 0.717) is 24.3 Å². The van der Waals surface area contributed by atoms with Crippen LogP contribution in [-0.4, -0.2) is 40.7 Å². The number of amides is 1. The van der Waals surface area contributed by atoms with E-state index in [4.69, 9.17) is 4.74 Å². The number of carbonyl (C=O) groups is 1. The van der Waals surface area contributed by atoms with Crippen LogP contribution in [0.2, 0.25) is 0 Å². The Morgan fingerprint density at radius 2 is 2.11 bits per heavy atom. The van der Waals surface area contributed by atoms with Gasteiger partial charge in [0.2, 0.25) is 0 Å². The van der Waals surface area contributed by atoms with Crippen LogP contribution in [-0.2, 0) is 4.74 Å². The van der Waals surface area contributed by atoms with Crippen molar-refractivity contribution in [2.24, 2.45) is 0 Å². The largest absolute Gasteiger partial charge is 0.444 e. The number of aromatic nitrogens is 1. The van der Waals surface area contributed by atoms with E-state index in [-0.39, 0.29) is 11.7 Å². The smallest absolute Gasteiger partial charge is 0.407 e. The highest BCUT2D eigenvalue weighted by Gasteiger charge is 2.29. The third-order valence-corrected chi connectivity index (χ3v) is 4.38. The van der Waals surface area contributed by atoms with E-state index in [2.05, 4.69) is 10.3 Å². The van der Waals surface area contributed by atoms with Gasteiger partial charge in [-0.3, -0.25) is 10.1 Å². The molecule has 1 aliphatic heterocycles. The highest BCUT2D eigenvalue weighted by molar-refractivity contribution is 5.96. The van der Waals surface area contributed by atoms with Gasteiger partial charge in [0.15, 0.2) is 0 Å². The molecule has 1 saturated heterocycles. The first-order valence-corrected chi connectivity index (χ1v) is 9.01. The molecule has 144 valence electrons. The van der Waals surface area contributed by atoms with E-state index in [1.807, 2.05) is 49.9 Å². The summed E-state index contributed by atoms with van der Waals surface area (Å²) in [5.41, 5.74) is 0.673. The number of nitrogens with zero attached hydrogens (tertiary/aromatic N) is 3. The number of piperidine rings is 1. The third kappa shape index (κ3) is 4.45. The van der Waals surface area contributed by atoms with Gasteiger partial charge in [-0.1, -0.05) is 18.2 Å². The number of hydrogen-bond donors (Lipinski definition) is 1. The van der Waals surface area contributed by atoms with Gasteiger partial charge in [0.1, 0.15) is 17.5 Å². The molecule has 8 heteroatoms. The minimum absolute atomic E-state index is 0.0216. The maximum atomic E-state index is 12.1. The number of ether oxygens (including phenoxy) is 1. The Morgan fingerprint density at radius 3 is 2.81 bits per heavy atom. The molecule has 3 rings (SSSR count). The van der Waals surface area contributed by atoms with Crippen molar-refractivity contribution in [3.05, 3.63) is 40.6 Å². The van der Waals surface area contributed by atoms with Crippen LogP contribution < -0.4 is 10.2 Å². The average Bonchev–Trinajstić information content (AvgIpc) is 2.59. The van der Waals surface area contributed by atoms with Crippen LogP contribution in [0.25, 0.3) is 10.9 Å². The molecule has 1 fully saturated rings. The van der Waals surface area contributed by atoms with Gasteiger partial charge >= 0.3 is 11.8 Å². The number of anilines is 1. The first kappa shape index (κ1) is 18.9. The summed E-state index contributed by atoms with van der Waals surface area (Å²) in [6, 6.07) is 7.24. The Morgan fingerprint density at radius 1 is 1.37 bits per heavy atom. The lowest BCUT2D eigenvalue weighted by atomic mass is 10.0. The molecule has 0 saturated carbocycles. The second kappa shape index (κ2) is 7.38. The van der Waals surface area contributed by atoms with Crippen molar-refractivity contribution in [1.82, 2.24) is 10.3 Å². The van der Waals surface area contributed by atoms with Crippen molar-refractivity contribution in [1.29, 1.82) is 0 Å². The van der Waals surface area contributed by atoms with E-state index in [1.54, 1.807) is 0 Å². The van der Waals surface area contributed by atoms with Crippen LogP contribution in [0.3, 0.4) is 0 Å². The molecule has 1 aromatic heterocycles. The number of hydrogen-bond acceptors (Lipinski definition) is 6. The lowest BCUT2D eigenvalue weighted by Gasteiger charge is -2.35. The summed E-state index contributed by atoms with van der Waals surface area (Å²) in [6.07, 6.45) is 2.45. The maximum absolute atomic E-state index is 12.1. The second-order valence-electron chi connectivity index (χ2n) is 7.70. The molecule has 1 atom stereocenters. The van der Waals surface area contributed by atoms with Crippen molar-refractivity contribution in [2.45, 2.75) is 45.3 Å². The predicted octanol–water partition coefficient (Wildman–Crippen LogP) is 3.64. The van der Waals surface area contributed by atoms with Gasteiger partial charge in [-0.25, -0.2) is 9.78 Å². The molecule has 1 aromatic carbocycles. The van der Waals surface area contributed by atoms with Gasteiger partial charge in [-0.2, -0.15) is 0 Å². The van der Waals surface area contributed by atoms with Crippen molar-refractivity contribution < 1.29 is 14.5 Å². The van der Waals surface area contributed by atoms with E-state index in [1.165, 1.54) is 6.20 Å². The second-order valence-corrected chi connectivity index (χ2v) is 7.70. The number of benzene rings is 1. The maximum Gasteiger partial charge on any atom is 0.407 e. The van der Waals surface area contributed by atoms with Crippen LogP contribution in [0.4, 0.5) is 16.2 Å². The minimum Gasteiger partial charge on any atom is -0.444 e. The quantitative estimate of drug-likeness (QED) is 0.652. The van der Waals surface area contributed by atoms with Gasteiger partial charge in [0.25, 0.3) is 0 Å². The standard InChI is InChI=1S/C19H24N4O4/c1-19(2,3)27-18(24)21-13-7-6-10-22(12-13)17-14-8-4-5-9-15(14)20-11-16(17)23(25)26/h4-5,8-9,11,13H,6-7,10,12H2,1-3H3,(H,21,24)/t13-/m0/s1. The van der Waals surface area contributed by atoms with Crippen LogP contribution in [0.1, 0.15) is 33.6 Å². The number of alkyl carbamates (subject to hydrolysis) is 1. The molecule has 0 spiro atoms. The van der Waals surface area contributed by atoms with Crippen LogP contribution in [0, 0.1) is 10.1 Å². The fraction of sp³-hybridized carbons (Fsp3) is 0.474. The molecule has 1 aliphatic rings. The summed E-state index contributed by atoms with van der Waals surface area (Å²) in [4.78, 5) is 29.4. The molecule has 2 heterocycles. The molecule has 0 bridgehead atoms. The van der Waals surface area contributed by atoms with Crippen LogP contribution >= 0.6 is 0 Å². The number of pyridine rings is 1. The molecule has 1 N–H and O–H groups in total. The zero-order valence-electron chi connectivity index (χ0n) is 15.8. The number of nitro groups is 1. The molecule has 0 radical (unpaired) electrons. The summed E-state index contributed by atoms with van der Waals surface area (Å²) in [7, 11) is 0. The normalized spacial score (nSPS) is 17.6. The summed E-state index contributed by atoms with van der Waals surface area (Å²) in [6.45, 7) is 6.60. The molecule has 0 aliphatic carbocycles. The molecular formula is C19H24N4O4. The predicted molar refractivity (Wildman–Crippen MR) is 103 cm³/mol. The SMILES string of the molecule is CC(C)(C)OC(=O)N[C@H]1CCCN(c2c([N+](=O)[O-])cnc3ccccc23)C1. The number of rotatable bonds is 3. The molecule has 0 unspecified atom stereocenters. The van der Waals surface area contributed by atoms with E-state index in [0.717, 1.165) is 18.2 Å². The Labute approximate surface area is 157 Å². The zero-order valence-corrected chi connectivity index (χ0v) is 15.8. The van der Waals surface area contributed by atoms with Crippen LogP contribution in [0.5, 0.6) is 0 Å². The fourth-order valence-corrected chi connectivity index (χ4v) is 3.35. The average molecular weight is 372 g/mol.